The van der Waals surface area contributed by atoms with Crippen molar-refractivity contribution in [3.63, 3.8) is 0 Å². The van der Waals surface area contributed by atoms with Gasteiger partial charge >= 0.3 is 5.97 Å². The average molecular weight is 264 g/mol. The van der Waals surface area contributed by atoms with Crippen molar-refractivity contribution < 1.29 is 19.4 Å². The fourth-order valence-corrected chi connectivity index (χ4v) is 2.02. The smallest absolute Gasteiger partial charge is 0.377 e. The van der Waals surface area contributed by atoms with Crippen molar-refractivity contribution in [1.82, 2.24) is 0 Å². The Morgan fingerprint density at radius 1 is 1.05 bits per heavy atom. The first kappa shape index (κ1) is 15.2. The maximum absolute atomic E-state index is 11.7. The molecule has 0 aromatic heterocycles. The SMILES string of the molecule is COc1c(C(C)C)cc(C(=O)C(=O)O)cc1C(C)C. The minimum Gasteiger partial charge on any atom is -0.496 e. The molecule has 0 radical (unpaired) electrons. The molecule has 1 aromatic rings. The lowest BCUT2D eigenvalue weighted by molar-refractivity contribution is -0.131. The Hall–Kier alpha value is -1.84. The summed E-state index contributed by atoms with van der Waals surface area (Å²) in [6.07, 6.45) is 0. The molecule has 0 aliphatic heterocycles. The van der Waals surface area contributed by atoms with Gasteiger partial charge in [-0.25, -0.2) is 4.79 Å². The molecule has 4 heteroatoms. The summed E-state index contributed by atoms with van der Waals surface area (Å²) in [5.74, 6) is -1.28. The molecule has 0 saturated heterocycles. The highest BCUT2D eigenvalue weighted by Gasteiger charge is 2.22. The van der Waals surface area contributed by atoms with Crippen LogP contribution < -0.4 is 4.74 Å². The van der Waals surface area contributed by atoms with Crippen LogP contribution in [0.3, 0.4) is 0 Å². The van der Waals surface area contributed by atoms with Crippen LogP contribution in [-0.4, -0.2) is 24.0 Å². The van der Waals surface area contributed by atoms with Crippen LogP contribution in [-0.2, 0) is 4.79 Å². The first-order valence-corrected chi connectivity index (χ1v) is 6.29. The topological polar surface area (TPSA) is 63.6 Å². The van der Waals surface area contributed by atoms with E-state index in [1.54, 1.807) is 19.2 Å². The second kappa shape index (κ2) is 5.87. The Labute approximate surface area is 113 Å². The van der Waals surface area contributed by atoms with Crippen LogP contribution in [0.4, 0.5) is 0 Å². The zero-order valence-corrected chi connectivity index (χ0v) is 12.0. The maximum atomic E-state index is 11.7. The van der Waals surface area contributed by atoms with Gasteiger partial charge in [0.25, 0.3) is 5.78 Å². The molecule has 0 aliphatic rings. The van der Waals surface area contributed by atoms with Gasteiger partial charge in [0.1, 0.15) is 5.75 Å². The molecule has 0 saturated carbocycles. The zero-order valence-electron chi connectivity index (χ0n) is 12.0. The molecule has 0 aliphatic carbocycles. The molecule has 0 unspecified atom stereocenters. The Balaban J connectivity index is 3.54. The van der Waals surface area contributed by atoms with E-state index in [9.17, 15) is 9.59 Å². The van der Waals surface area contributed by atoms with Gasteiger partial charge in [0.05, 0.1) is 7.11 Å². The first-order valence-electron chi connectivity index (χ1n) is 6.29. The fourth-order valence-electron chi connectivity index (χ4n) is 2.02. The molecular weight excluding hydrogens is 244 g/mol. The number of hydrogen-bond donors (Lipinski definition) is 1. The van der Waals surface area contributed by atoms with Gasteiger partial charge in [0, 0.05) is 5.56 Å². The van der Waals surface area contributed by atoms with Gasteiger partial charge < -0.3 is 9.84 Å². The third kappa shape index (κ3) is 3.13. The van der Waals surface area contributed by atoms with E-state index in [2.05, 4.69) is 0 Å². The molecule has 0 amide bonds. The van der Waals surface area contributed by atoms with Crippen molar-refractivity contribution >= 4 is 11.8 Å². The van der Waals surface area contributed by atoms with Crippen molar-refractivity contribution in [3.8, 4) is 5.75 Å². The van der Waals surface area contributed by atoms with Crippen molar-refractivity contribution in [1.29, 1.82) is 0 Å². The van der Waals surface area contributed by atoms with Crippen molar-refractivity contribution in [2.45, 2.75) is 39.5 Å². The van der Waals surface area contributed by atoms with E-state index in [1.165, 1.54) is 0 Å². The summed E-state index contributed by atoms with van der Waals surface area (Å²) in [5, 5.41) is 8.84. The van der Waals surface area contributed by atoms with Crippen LogP contribution in [0.1, 0.15) is 61.0 Å². The molecule has 1 N–H and O–H groups in total. The number of aliphatic carboxylic acids is 1. The van der Waals surface area contributed by atoms with Gasteiger partial charge in [-0.05, 0) is 35.1 Å². The molecular formula is C15H20O4. The van der Waals surface area contributed by atoms with E-state index in [-0.39, 0.29) is 17.4 Å². The lowest BCUT2D eigenvalue weighted by Gasteiger charge is -2.19. The minimum atomic E-state index is -1.44. The summed E-state index contributed by atoms with van der Waals surface area (Å²) in [6, 6.07) is 3.23. The van der Waals surface area contributed by atoms with Gasteiger partial charge in [-0.3, -0.25) is 4.79 Å². The van der Waals surface area contributed by atoms with Gasteiger partial charge in [0.15, 0.2) is 0 Å². The number of carbonyl (C=O) groups is 2. The van der Waals surface area contributed by atoms with Crippen molar-refractivity contribution in [3.05, 3.63) is 28.8 Å². The molecule has 0 bridgehead atoms. The van der Waals surface area contributed by atoms with Crippen molar-refractivity contribution in [2.75, 3.05) is 7.11 Å². The number of carboxylic acids is 1. The molecule has 19 heavy (non-hydrogen) atoms. The highest BCUT2D eigenvalue weighted by Crippen LogP contribution is 2.35. The standard InChI is InChI=1S/C15H20O4/c1-8(2)11-6-10(13(16)15(17)18)7-12(9(3)4)14(11)19-5/h6-9H,1-5H3,(H,17,18). The second-order valence-corrected chi connectivity index (χ2v) is 5.13. The molecule has 0 atom stereocenters. The van der Waals surface area contributed by atoms with Crippen LogP contribution in [0.2, 0.25) is 0 Å². The number of benzene rings is 1. The Morgan fingerprint density at radius 2 is 1.47 bits per heavy atom. The molecule has 1 rings (SSSR count). The first-order chi connectivity index (χ1) is 8.79. The van der Waals surface area contributed by atoms with E-state index in [0.717, 1.165) is 16.9 Å². The van der Waals surface area contributed by atoms with Crippen LogP contribution in [0, 0.1) is 0 Å². The average Bonchev–Trinajstić information content (AvgIpc) is 2.35. The summed E-state index contributed by atoms with van der Waals surface area (Å²) in [4.78, 5) is 22.5. The maximum Gasteiger partial charge on any atom is 0.377 e. The number of methoxy groups -OCH3 is 1. The number of carbonyl (C=O) groups excluding carboxylic acids is 1. The minimum absolute atomic E-state index is 0.147. The van der Waals surface area contributed by atoms with Crippen molar-refractivity contribution in [2.24, 2.45) is 0 Å². The molecule has 0 heterocycles. The number of Topliss-reactive ketones (excluding diaryl/α,β-unsaturated/α-hetero) is 1. The monoisotopic (exact) mass is 264 g/mol. The summed E-state index contributed by atoms with van der Waals surface area (Å²) < 4.78 is 5.44. The third-order valence-electron chi connectivity index (χ3n) is 3.05. The lowest BCUT2D eigenvalue weighted by Crippen LogP contribution is -2.14. The Morgan fingerprint density at radius 3 is 1.74 bits per heavy atom. The van der Waals surface area contributed by atoms with Gasteiger partial charge in [0.2, 0.25) is 0 Å². The third-order valence-corrected chi connectivity index (χ3v) is 3.05. The summed E-state index contributed by atoms with van der Waals surface area (Å²) in [5.41, 5.74) is 1.93. The second-order valence-electron chi connectivity index (χ2n) is 5.13. The van der Waals surface area contributed by atoms with E-state index in [0.29, 0.717) is 0 Å². The zero-order chi connectivity index (χ0) is 14.7. The number of ketones is 1. The van der Waals surface area contributed by atoms with E-state index in [4.69, 9.17) is 9.84 Å². The quantitative estimate of drug-likeness (QED) is 0.655. The number of carboxylic acid groups (broad SMARTS) is 1. The fraction of sp³-hybridized carbons (Fsp3) is 0.467. The van der Waals surface area contributed by atoms with Gasteiger partial charge in [-0.1, -0.05) is 27.7 Å². The van der Waals surface area contributed by atoms with E-state index >= 15 is 0 Å². The lowest BCUT2D eigenvalue weighted by atomic mass is 9.90. The summed E-state index contributed by atoms with van der Waals surface area (Å²) in [7, 11) is 1.59. The highest BCUT2D eigenvalue weighted by molar-refractivity contribution is 6.39. The predicted molar refractivity (Wildman–Crippen MR) is 73.1 cm³/mol. The van der Waals surface area contributed by atoms with E-state index < -0.39 is 11.8 Å². The van der Waals surface area contributed by atoms with Crippen LogP contribution in [0.25, 0.3) is 0 Å². The predicted octanol–water partition coefficient (Wildman–Crippen LogP) is 3.21. The Kier molecular flexibility index (Phi) is 4.70. The summed E-state index contributed by atoms with van der Waals surface area (Å²) >= 11 is 0. The summed E-state index contributed by atoms with van der Waals surface area (Å²) in [6.45, 7) is 7.93. The van der Waals surface area contributed by atoms with Gasteiger partial charge in [-0.2, -0.15) is 0 Å². The highest BCUT2D eigenvalue weighted by atomic mass is 16.5. The molecule has 0 spiro atoms. The molecule has 4 nitrogen and oxygen atoms in total. The number of ether oxygens (including phenoxy) is 1. The molecule has 1 aromatic carbocycles. The van der Waals surface area contributed by atoms with Crippen LogP contribution in [0.5, 0.6) is 5.75 Å². The molecule has 0 fully saturated rings. The van der Waals surface area contributed by atoms with Gasteiger partial charge in [-0.15, -0.1) is 0 Å². The Bertz CT molecular complexity index is 472. The number of hydrogen-bond acceptors (Lipinski definition) is 3. The van der Waals surface area contributed by atoms with Crippen LogP contribution >= 0.6 is 0 Å². The normalized spacial score (nSPS) is 10.9. The molecule has 104 valence electrons. The van der Waals surface area contributed by atoms with E-state index in [1.807, 2.05) is 27.7 Å². The van der Waals surface area contributed by atoms with Crippen LogP contribution in [0.15, 0.2) is 12.1 Å². The number of rotatable bonds is 5. The largest absolute Gasteiger partial charge is 0.496 e.